The van der Waals surface area contributed by atoms with Gasteiger partial charge >= 0.3 is 0 Å². The number of carbonyl (C=O) groups is 1. The van der Waals surface area contributed by atoms with E-state index >= 15 is 0 Å². The largest absolute Gasteiger partial charge is 0.497 e. The maximum Gasteiger partial charge on any atom is 0.266 e. The Bertz CT molecular complexity index is 966. The summed E-state index contributed by atoms with van der Waals surface area (Å²) in [5.41, 5.74) is 0.983. The number of fused-ring (bicyclic) bond motifs is 1. The van der Waals surface area contributed by atoms with E-state index in [0.717, 1.165) is 0 Å². The van der Waals surface area contributed by atoms with Crippen molar-refractivity contribution in [2.45, 2.75) is 0 Å². The van der Waals surface area contributed by atoms with Gasteiger partial charge in [0.2, 0.25) is 0 Å². The smallest absolute Gasteiger partial charge is 0.266 e. The van der Waals surface area contributed by atoms with Crippen molar-refractivity contribution in [3.63, 3.8) is 0 Å². The molecular weight excluding hydrogens is 348 g/mol. The summed E-state index contributed by atoms with van der Waals surface area (Å²) >= 11 is 7.50. The Balaban J connectivity index is 1.87. The van der Waals surface area contributed by atoms with Crippen LogP contribution >= 0.6 is 22.9 Å². The van der Waals surface area contributed by atoms with Gasteiger partial charge in [-0.05, 0) is 30.3 Å². The highest BCUT2D eigenvalue weighted by Gasteiger charge is 2.14. The number of hydrogen-bond donors (Lipinski definition) is 1. The van der Waals surface area contributed by atoms with Gasteiger partial charge in [0.25, 0.3) is 5.91 Å². The fraction of sp³-hybridized carbons (Fsp3) is 0.0625. The number of ether oxygens (including phenoxy) is 1. The number of aromatic nitrogens is 2. The van der Waals surface area contributed by atoms with Gasteiger partial charge in [0, 0.05) is 17.3 Å². The molecule has 8 heteroatoms. The predicted octanol–water partition coefficient (Wildman–Crippen LogP) is 3.60. The molecule has 3 rings (SSSR count). The zero-order valence-electron chi connectivity index (χ0n) is 12.5. The molecule has 0 saturated heterocycles. The van der Waals surface area contributed by atoms with Crippen LogP contribution in [0.2, 0.25) is 5.15 Å². The molecule has 0 saturated carbocycles. The SMILES string of the molecule is COc1ccc(NC(=O)/C(C#N)=C/c2c(Cl)nc3sccn23)cc1. The van der Waals surface area contributed by atoms with Crippen molar-refractivity contribution >= 4 is 45.6 Å². The number of methoxy groups -OCH3 is 1. The van der Waals surface area contributed by atoms with Crippen LogP contribution in [-0.4, -0.2) is 22.4 Å². The lowest BCUT2D eigenvalue weighted by atomic mass is 10.2. The topological polar surface area (TPSA) is 79.4 Å². The lowest BCUT2D eigenvalue weighted by Gasteiger charge is -2.05. The van der Waals surface area contributed by atoms with E-state index in [0.29, 0.717) is 22.1 Å². The highest BCUT2D eigenvalue weighted by molar-refractivity contribution is 7.15. The van der Waals surface area contributed by atoms with Gasteiger partial charge < -0.3 is 10.1 Å². The first-order chi connectivity index (χ1) is 11.6. The highest BCUT2D eigenvalue weighted by Crippen LogP contribution is 2.24. The highest BCUT2D eigenvalue weighted by atomic mass is 35.5. The first-order valence-electron chi connectivity index (χ1n) is 6.80. The van der Waals surface area contributed by atoms with E-state index in [4.69, 9.17) is 16.3 Å². The van der Waals surface area contributed by atoms with Gasteiger partial charge in [-0.3, -0.25) is 9.20 Å². The number of nitrogens with one attached hydrogen (secondary N) is 1. The third-order valence-electron chi connectivity index (χ3n) is 3.25. The standard InChI is InChI=1S/C16H11ClN4O2S/c1-23-12-4-2-11(3-5-12)19-15(22)10(9-18)8-13-14(17)20-16-21(13)6-7-24-16/h2-8H,1H3,(H,19,22)/b10-8+. The van der Waals surface area contributed by atoms with Gasteiger partial charge in [-0.1, -0.05) is 11.6 Å². The second-order valence-corrected chi connectivity index (χ2v) is 5.93. The molecule has 6 nitrogen and oxygen atoms in total. The van der Waals surface area contributed by atoms with Crippen molar-refractivity contribution in [1.29, 1.82) is 5.26 Å². The third kappa shape index (κ3) is 3.11. The second kappa shape index (κ2) is 6.74. The number of halogens is 1. The average molecular weight is 359 g/mol. The van der Waals surface area contributed by atoms with Gasteiger partial charge in [-0.2, -0.15) is 5.26 Å². The minimum atomic E-state index is -0.524. The summed E-state index contributed by atoms with van der Waals surface area (Å²) in [5, 5.41) is 14.1. The lowest BCUT2D eigenvalue weighted by molar-refractivity contribution is -0.112. The summed E-state index contributed by atoms with van der Waals surface area (Å²) in [6.45, 7) is 0. The Kier molecular flexibility index (Phi) is 4.51. The monoisotopic (exact) mass is 358 g/mol. The molecule has 0 bridgehead atoms. The number of thiazole rings is 1. The van der Waals surface area contributed by atoms with Crippen LogP contribution in [0.15, 0.2) is 41.4 Å². The van der Waals surface area contributed by atoms with Crippen LogP contribution in [0.1, 0.15) is 5.69 Å². The normalized spacial score (nSPS) is 11.3. The molecule has 1 aromatic carbocycles. The number of benzene rings is 1. The number of carbonyl (C=O) groups excluding carboxylic acids is 1. The van der Waals surface area contributed by atoms with E-state index in [2.05, 4.69) is 10.3 Å². The van der Waals surface area contributed by atoms with Crippen LogP contribution in [0.4, 0.5) is 5.69 Å². The predicted molar refractivity (Wildman–Crippen MR) is 93.3 cm³/mol. The van der Waals surface area contributed by atoms with Crippen molar-refractivity contribution in [2.75, 3.05) is 12.4 Å². The number of nitriles is 1. The summed E-state index contributed by atoms with van der Waals surface area (Å²) in [6.07, 6.45) is 3.20. The molecule has 1 N–H and O–H groups in total. The third-order valence-corrected chi connectivity index (χ3v) is 4.28. The van der Waals surface area contributed by atoms with E-state index in [1.165, 1.54) is 17.4 Å². The van der Waals surface area contributed by atoms with Crippen LogP contribution in [-0.2, 0) is 4.79 Å². The molecule has 0 atom stereocenters. The molecule has 0 aliphatic carbocycles. The average Bonchev–Trinajstić information content (AvgIpc) is 3.14. The first kappa shape index (κ1) is 16.1. The van der Waals surface area contributed by atoms with Crippen LogP contribution < -0.4 is 10.1 Å². The lowest BCUT2D eigenvalue weighted by Crippen LogP contribution is -2.13. The molecule has 0 spiro atoms. The molecule has 0 fully saturated rings. The minimum absolute atomic E-state index is 0.0688. The molecule has 0 radical (unpaired) electrons. The van der Waals surface area contributed by atoms with Crippen LogP contribution in [0.25, 0.3) is 11.0 Å². The fourth-order valence-corrected chi connectivity index (χ4v) is 3.06. The van der Waals surface area contributed by atoms with Crippen molar-refractivity contribution in [2.24, 2.45) is 0 Å². The number of nitrogens with zero attached hydrogens (tertiary/aromatic N) is 3. The Morgan fingerprint density at radius 2 is 2.21 bits per heavy atom. The van der Waals surface area contributed by atoms with E-state index in [1.807, 2.05) is 11.4 Å². The number of hydrogen-bond acceptors (Lipinski definition) is 5. The van der Waals surface area contributed by atoms with Crippen molar-refractivity contribution in [1.82, 2.24) is 9.38 Å². The van der Waals surface area contributed by atoms with E-state index < -0.39 is 5.91 Å². The van der Waals surface area contributed by atoms with Crippen molar-refractivity contribution < 1.29 is 9.53 Å². The van der Waals surface area contributed by atoms with Gasteiger partial charge in [0.05, 0.1) is 12.8 Å². The van der Waals surface area contributed by atoms with Gasteiger partial charge in [-0.15, -0.1) is 11.3 Å². The molecular formula is C16H11ClN4O2S. The van der Waals surface area contributed by atoms with Crippen LogP contribution in [0.3, 0.4) is 0 Å². The Morgan fingerprint density at radius 1 is 1.46 bits per heavy atom. The Morgan fingerprint density at radius 3 is 2.88 bits per heavy atom. The summed E-state index contributed by atoms with van der Waals surface area (Å²) in [5.74, 6) is 0.152. The minimum Gasteiger partial charge on any atom is -0.497 e. The second-order valence-electron chi connectivity index (χ2n) is 4.70. The zero-order chi connectivity index (χ0) is 17.1. The molecule has 2 heterocycles. The molecule has 120 valence electrons. The Hall–Kier alpha value is -2.82. The van der Waals surface area contributed by atoms with Crippen LogP contribution in [0, 0.1) is 11.3 Å². The molecule has 1 amide bonds. The molecule has 0 unspecified atom stereocenters. The summed E-state index contributed by atoms with van der Waals surface area (Å²) in [4.78, 5) is 17.2. The van der Waals surface area contributed by atoms with Crippen LogP contribution in [0.5, 0.6) is 5.75 Å². The molecule has 3 aromatic rings. The zero-order valence-corrected chi connectivity index (χ0v) is 14.1. The number of amides is 1. The summed E-state index contributed by atoms with van der Waals surface area (Å²) in [7, 11) is 1.56. The number of imidazole rings is 1. The fourth-order valence-electron chi connectivity index (χ4n) is 2.06. The summed E-state index contributed by atoms with van der Waals surface area (Å²) < 4.78 is 6.79. The number of anilines is 1. The van der Waals surface area contributed by atoms with Crippen molar-refractivity contribution in [3.8, 4) is 11.8 Å². The summed E-state index contributed by atoms with van der Waals surface area (Å²) in [6, 6.07) is 8.71. The van der Waals surface area contributed by atoms with Crippen molar-refractivity contribution in [3.05, 3.63) is 52.3 Å². The Labute approximate surface area is 146 Å². The molecule has 0 aliphatic heterocycles. The van der Waals surface area contributed by atoms with E-state index in [9.17, 15) is 10.1 Å². The van der Waals surface area contributed by atoms with Gasteiger partial charge in [-0.25, -0.2) is 4.98 Å². The maximum absolute atomic E-state index is 12.3. The van der Waals surface area contributed by atoms with Gasteiger partial charge in [0.1, 0.15) is 17.4 Å². The number of rotatable bonds is 4. The van der Waals surface area contributed by atoms with E-state index in [1.54, 1.807) is 42.0 Å². The first-order valence-corrected chi connectivity index (χ1v) is 8.06. The maximum atomic E-state index is 12.3. The molecule has 0 aliphatic rings. The molecule has 2 aromatic heterocycles. The van der Waals surface area contributed by atoms with E-state index in [-0.39, 0.29) is 10.7 Å². The molecule has 24 heavy (non-hydrogen) atoms. The van der Waals surface area contributed by atoms with Gasteiger partial charge in [0.15, 0.2) is 10.1 Å². The quantitative estimate of drug-likeness (QED) is 0.570.